The van der Waals surface area contributed by atoms with Gasteiger partial charge in [-0.1, -0.05) is 53.8 Å². The van der Waals surface area contributed by atoms with Gasteiger partial charge in [-0.15, -0.1) is 10.2 Å². The van der Waals surface area contributed by atoms with Crippen molar-refractivity contribution in [3.05, 3.63) is 74.8 Å². The number of hydrogen-bond acceptors (Lipinski definition) is 8. The molecule has 0 unspecified atom stereocenters. The van der Waals surface area contributed by atoms with E-state index in [1.54, 1.807) is 0 Å². The third-order valence-electron chi connectivity index (χ3n) is 3.82. The zero-order valence-electron chi connectivity index (χ0n) is 14.7. The molecule has 144 valence electrons. The van der Waals surface area contributed by atoms with E-state index in [0.29, 0.717) is 10.0 Å². The number of aromatic nitrogens is 2. The third kappa shape index (κ3) is 4.84. The first-order valence-electron chi connectivity index (χ1n) is 8.09. The Labute approximate surface area is 164 Å². The van der Waals surface area contributed by atoms with Crippen LogP contribution in [-0.2, 0) is 22.0 Å². The maximum Gasteiger partial charge on any atom is 0.274 e. The molecule has 28 heavy (non-hydrogen) atoms. The van der Waals surface area contributed by atoms with Crippen molar-refractivity contribution in [2.24, 2.45) is 0 Å². The van der Waals surface area contributed by atoms with Crippen molar-refractivity contribution in [1.82, 2.24) is 10.2 Å². The second-order valence-electron chi connectivity index (χ2n) is 6.14. The molecule has 0 fully saturated rings. The summed E-state index contributed by atoms with van der Waals surface area (Å²) in [5, 5.41) is 20.5. The zero-order chi connectivity index (χ0) is 20.3. The summed E-state index contributed by atoms with van der Waals surface area (Å²) in [6.07, 6.45) is 0.947. The van der Waals surface area contributed by atoms with Crippen LogP contribution in [0.15, 0.2) is 48.5 Å². The molecule has 0 atom stereocenters. The molecule has 1 aromatic heterocycles. The van der Waals surface area contributed by atoms with Gasteiger partial charge in [-0.25, -0.2) is 8.42 Å². The van der Waals surface area contributed by atoms with Crippen LogP contribution in [0.5, 0.6) is 0 Å². The van der Waals surface area contributed by atoms with E-state index in [1.807, 2.05) is 30.3 Å². The highest BCUT2D eigenvalue weighted by atomic mass is 32.2. The Bertz CT molecular complexity index is 1140. The SMILES string of the molecule is CS(=O)(=O)Cc1ccc(C(=O)Cc2nnc(-c3ccccc3)s2)cc1[N+](=O)[O-]. The van der Waals surface area contributed by atoms with Gasteiger partial charge in [0.15, 0.2) is 15.6 Å². The second-order valence-corrected chi connectivity index (χ2v) is 9.34. The number of carbonyl (C=O) groups excluding carboxylic acids is 1. The molecule has 2 aromatic carbocycles. The standard InChI is InChI=1S/C18H15N3O5S2/c1-28(25,26)11-14-8-7-13(9-15(14)21(23)24)16(22)10-17-19-20-18(27-17)12-5-3-2-4-6-12/h2-9H,10-11H2,1H3. The third-order valence-corrected chi connectivity index (χ3v) is 5.63. The van der Waals surface area contributed by atoms with Gasteiger partial charge in [-0.05, 0) is 0 Å². The molecule has 0 aliphatic heterocycles. The van der Waals surface area contributed by atoms with E-state index in [0.717, 1.165) is 17.9 Å². The Balaban J connectivity index is 1.82. The number of nitrogens with zero attached hydrogens (tertiary/aromatic N) is 3. The van der Waals surface area contributed by atoms with Gasteiger partial charge in [0.1, 0.15) is 10.0 Å². The summed E-state index contributed by atoms with van der Waals surface area (Å²) in [6.45, 7) is 0. The second kappa shape index (κ2) is 7.95. The van der Waals surface area contributed by atoms with Crippen molar-refractivity contribution in [1.29, 1.82) is 0 Å². The fourth-order valence-corrected chi connectivity index (χ4v) is 4.23. The summed E-state index contributed by atoms with van der Waals surface area (Å²) in [7, 11) is -3.44. The van der Waals surface area contributed by atoms with Gasteiger partial charge >= 0.3 is 0 Å². The molecular weight excluding hydrogens is 402 g/mol. The molecule has 1 heterocycles. The van der Waals surface area contributed by atoms with Crippen LogP contribution in [0.3, 0.4) is 0 Å². The van der Waals surface area contributed by atoms with E-state index in [4.69, 9.17) is 0 Å². The largest absolute Gasteiger partial charge is 0.294 e. The van der Waals surface area contributed by atoms with Crippen molar-refractivity contribution >= 4 is 32.6 Å². The average Bonchev–Trinajstić information content (AvgIpc) is 3.09. The molecule has 10 heteroatoms. The molecule has 8 nitrogen and oxygen atoms in total. The van der Waals surface area contributed by atoms with Crippen LogP contribution in [-0.4, -0.2) is 35.6 Å². The molecule has 0 saturated carbocycles. The lowest BCUT2D eigenvalue weighted by atomic mass is 10.1. The molecular formula is C18H15N3O5S2. The number of benzene rings is 2. The zero-order valence-corrected chi connectivity index (χ0v) is 16.4. The molecule has 0 radical (unpaired) electrons. The van der Waals surface area contributed by atoms with Crippen LogP contribution in [0, 0.1) is 10.1 Å². The minimum atomic E-state index is -3.44. The van der Waals surface area contributed by atoms with Gasteiger partial charge in [-0.2, -0.15) is 0 Å². The van der Waals surface area contributed by atoms with Gasteiger partial charge in [-0.3, -0.25) is 14.9 Å². The Hall–Kier alpha value is -2.98. The molecule has 0 spiro atoms. The highest BCUT2D eigenvalue weighted by Crippen LogP contribution is 2.26. The minimum absolute atomic E-state index is 0.0475. The molecule has 0 aliphatic rings. The van der Waals surface area contributed by atoms with Crippen LogP contribution >= 0.6 is 11.3 Å². The topological polar surface area (TPSA) is 120 Å². The molecule has 0 saturated heterocycles. The van der Waals surface area contributed by atoms with Gasteiger partial charge in [0.25, 0.3) is 5.69 Å². The summed E-state index contributed by atoms with van der Waals surface area (Å²) in [6, 6.07) is 13.2. The predicted octanol–water partition coefficient (Wildman–Crippen LogP) is 3.08. The summed E-state index contributed by atoms with van der Waals surface area (Å²) in [5.41, 5.74) is 0.671. The first-order valence-corrected chi connectivity index (χ1v) is 11.0. The average molecular weight is 417 g/mol. The maximum atomic E-state index is 12.5. The molecule has 3 aromatic rings. The first kappa shape index (κ1) is 19.8. The van der Waals surface area contributed by atoms with Crippen LogP contribution in [0.2, 0.25) is 0 Å². The molecule has 0 N–H and O–H groups in total. The summed E-state index contributed by atoms with van der Waals surface area (Å²) >= 11 is 1.27. The molecule has 0 aliphatic carbocycles. The predicted molar refractivity (Wildman–Crippen MR) is 105 cm³/mol. The number of Topliss-reactive ketones (excluding diaryl/α,β-unsaturated/α-hetero) is 1. The van der Waals surface area contributed by atoms with Gasteiger partial charge in [0.2, 0.25) is 0 Å². The monoisotopic (exact) mass is 417 g/mol. The van der Waals surface area contributed by atoms with E-state index >= 15 is 0 Å². The Morgan fingerprint density at radius 1 is 1.14 bits per heavy atom. The Morgan fingerprint density at radius 3 is 2.50 bits per heavy atom. The number of ketones is 1. The van der Waals surface area contributed by atoms with Gasteiger partial charge in [0, 0.05) is 29.0 Å². The van der Waals surface area contributed by atoms with Crippen LogP contribution < -0.4 is 0 Å². The summed E-state index contributed by atoms with van der Waals surface area (Å²) in [5.74, 6) is -0.820. The molecule has 0 amide bonds. The Kier molecular flexibility index (Phi) is 5.61. The van der Waals surface area contributed by atoms with E-state index in [2.05, 4.69) is 10.2 Å². The van der Waals surface area contributed by atoms with Crippen LogP contribution in [0.25, 0.3) is 10.6 Å². The Morgan fingerprint density at radius 2 is 1.86 bits per heavy atom. The number of carbonyl (C=O) groups is 1. The van der Waals surface area contributed by atoms with E-state index in [1.165, 1.54) is 23.5 Å². The molecule has 3 rings (SSSR count). The number of rotatable bonds is 7. The highest BCUT2D eigenvalue weighted by molar-refractivity contribution is 7.89. The smallest absolute Gasteiger partial charge is 0.274 e. The fraction of sp³-hybridized carbons (Fsp3) is 0.167. The molecule has 0 bridgehead atoms. The lowest BCUT2D eigenvalue weighted by Gasteiger charge is -2.04. The van der Waals surface area contributed by atoms with E-state index in [9.17, 15) is 23.3 Å². The number of sulfone groups is 1. The van der Waals surface area contributed by atoms with Gasteiger partial charge < -0.3 is 0 Å². The van der Waals surface area contributed by atoms with E-state index < -0.39 is 26.2 Å². The van der Waals surface area contributed by atoms with Crippen molar-refractivity contribution in [2.45, 2.75) is 12.2 Å². The normalized spacial score (nSPS) is 11.3. The summed E-state index contributed by atoms with van der Waals surface area (Å²) < 4.78 is 22.9. The number of nitro benzene ring substituents is 1. The summed E-state index contributed by atoms with van der Waals surface area (Å²) in [4.78, 5) is 23.1. The lowest BCUT2D eigenvalue weighted by Crippen LogP contribution is -2.08. The fourth-order valence-electron chi connectivity index (χ4n) is 2.57. The number of hydrogen-bond donors (Lipinski definition) is 0. The minimum Gasteiger partial charge on any atom is -0.294 e. The number of nitro groups is 1. The van der Waals surface area contributed by atoms with Gasteiger partial charge in [0.05, 0.1) is 17.1 Å². The quantitative estimate of drug-likeness (QED) is 0.329. The van der Waals surface area contributed by atoms with Crippen molar-refractivity contribution in [2.75, 3.05) is 6.26 Å². The van der Waals surface area contributed by atoms with Crippen molar-refractivity contribution in [3.63, 3.8) is 0 Å². The lowest BCUT2D eigenvalue weighted by molar-refractivity contribution is -0.385. The van der Waals surface area contributed by atoms with Crippen molar-refractivity contribution < 1.29 is 18.1 Å². The van der Waals surface area contributed by atoms with E-state index in [-0.39, 0.29) is 23.3 Å². The van der Waals surface area contributed by atoms with Crippen LogP contribution in [0.4, 0.5) is 5.69 Å². The highest BCUT2D eigenvalue weighted by Gasteiger charge is 2.21. The first-order chi connectivity index (χ1) is 13.2. The van der Waals surface area contributed by atoms with Crippen LogP contribution in [0.1, 0.15) is 20.9 Å². The maximum absolute atomic E-state index is 12.5. The van der Waals surface area contributed by atoms with Crippen molar-refractivity contribution in [3.8, 4) is 10.6 Å².